The molecule has 1 aliphatic carbocycles. The number of ether oxygens (including phenoxy) is 1. The van der Waals surface area contributed by atoms with Gasteiger partial charge in [0.25, 0.3) is 0 Å². The maximum absolute atomic E-state index is 11.2. The van der Waals surface area contributed by atoms with Gasteiger partial charge in [0.1, 0.15) is 5.92 Å². The molecule has 0 aromatic heterocycles. The van der Waals surface area contributed by atoms with E-state index < -0.39 is 18.0 Å². The minimum atomic E-state index is -0.819. The zero-order chi connectivity index (χ0) is 9.84. The van der Waals surface area contributed by atoms with Crippen molar-refractivity contribution >= 4 is 11.8 Å². The van der Waals surface area contributed by atoms with Gasteiger partial charge < -0.3 is 9.84 Å². The summed E-state index contributed by atoms with van der Waals surface area (Å²) in [5.41, 5.74) is 0. The minimum Gasteiger partial charge on any atom is -0.465 e. The van der Waals surface area contributed by atoms with Gasteiger partial charge in [-0.15, -0.1) is 0 Å². The molecule has 72 valence electrons. The lowest BCUT2D eigenvalue weighted by Gasteiger charge is -2.18. The molecule has 1 N–H and O–H groups in total. The number of allylic oxidation sites excluding steroid dienone is 1. The number of hydrogen-bond acceptors (Lipinski definition) is 4. The summed E-state index contributed by atoms with van der Waals surface area (Å²) >= 11 is 0. The molecular formula is C9H12O4. The summed E-state index contributed by atoms with van der Waals surface area (Å²) < 4.78 is 4.70. The van der Waals surface area contributed by atoms with Crippen LogP contribution in [0.1, 0.15) is 13.3 Å². The molecule has 1 rings (SSSR count). The summed E-state index contributed by atoms with van der Waals surface area (Å²) in [6, 6.07) is 0. The van der Waals surface area contributed by atoms with Crippen molar-refractivity contribution in [1.82, 2.24) is 0 Å². The van der Waals surface area contributed by atoms with Crippen LogP contribution in [-0.4, -0.2) is 29.6 Å². The SMILES string of the molecule is CCOC(=O)C1C[C@@H](O)C=CC1=O. The van der Waals surface area contributed by atoms with E-state index in [4.69, 9.17) is 9.84 Å². The Bertz CT molecular complexity index is 244. The lowest BCUT2D eigenvalue weighted by atomic mass is 9.91. The van der Waals surface area contributed by atoms with Gasteiger partial charge in [0, 0.05) is 0 Å². The van der Waals surface area contributed by atoms with E-state index in [0.717, 1.165) is 0 Å². The highest BCUT2D eigenvalue weighted by atomic mass is 16.5. The molecule has 0 radical (unpaired) electrons. The fourth-order valence-corrected chi connectivity index (χ4v) is 1.21. The van der Waals surface area contributed by atoms with E-state index in [1.54, 1.807) is 6.92 Å². The van der Waals surface area contributed by atoms with E-state index in [0.29, 0.717) is 0 Å². The Balaban J connectivity index is 2.64. The first-order valence-corrected chi connectivity index (χ1v) is 4.22. The van der Waals surface area contributed by atoms with Gasteiger partial charge in [-0.1, -0.05) is 6.08 Å². The van der Waals surface area contributed by atoms with Gasteiger partial charge in [0.15, 0.2) is 5.78 Å². The topological polar surface area (TPSA) is 63.6 Å². The van der Waals surface area contributed by atoms with E-state index in [9.17, 15) is 9.59 Å². The van der Waals surface area contributed by atoms with Crippen molar-refractivity contribution in [3.8, 4) is 0 Å². The molecule has 1 aliphatic rings. The molecule has 0 aromatic carbocycles. The fourth-order valence-electron chi connectivity index (χ4n) is 1.21. The van der Waals surface area contributed by atoms with Crippen LogP contribution < -0.4 is 0 Å². The molecule has 0 aromatic rings. The lowest BCUT2D eigenvalue weighted by Crippen LogP contribution is -2.31. The van der Waals surface area contributed by atoms with Gasteiger partial charge in [0.2, 0.25) is 0 Å². The highest BCUT2D eigenvalue weighted by molar-refractivity contribution is 6.05. The molecule has 0 heterocycles. The summed E-state index contributed by atoms with van der Waals surface area (Å²) in [6.07, 6.45) is 2.04. The summed E-state index contributed by atoms with van der Waals surface area (Å²) in [5.74, 6) is -1.65. The van der Waals surface area contributed by atoms with Crippen molar-refractivity contribution in [3.63, 3.8) is 0 Å². The number of rotatable bonds is 2. The Morgan fingerprint density at radius 3 is 3.08 bits per heavy atom. The molecule has 0 aliphatic heterocycles. The predicted molar refractivity (Wildman–Crippen MR) is 44.9 cm³/mol. The quantitative estimate of drug-likeness (QED) is 0.486. The van der Waals surface area contributed by atoms with E-state index in [2.05, 4.69) is 0 Å². The monoisotopic (exact) mass is 184 g/mol. The largest absolute Gasteiger partial charge is 0.465 e. The summed E-state index contributed by atoms with van der Waals surface area (Å²) in [5, 5.41) is 9.17. The Kier molecular flexibility index (Phi) is 3.19. The van der Waals surface area contributed by atoms with E-state index >= 15 is 0 Å². The third-order valence-corrected chi connectivity index (χ3v) is 1.87. The van der Waals surface area contributed by atoms with Crippen LogP contribution in [0.2, 0.25) is 0 Å². The second-order valence-electron chi connectivity index (χ2n) is 2.87. The zero-order valence-electron chi connectivity index (χ0n) is 7.40. The van der Waals surface area contributed by atoms with Crippen LogP contribution in [0, 0.1) is 5.92 Å². The first-order chi connectivity index (χ1) is 6.15. The van der Waals surface area contributed by atoms with Crippen molar-refractivity contribution in [2.45, 2.75) is 19.4 Å². The first kappa shape index (κ1) is 9.92. The van der Waals surface area contributed by atoms with Crippen LogP contribution in [0.3, 0.4) is 0 Å². The van der Waals surface area contributed by atoms with Crippen molar-refractivity contribution in [3.05, 3.63) is 12.2 Å². The Hall–Kier alpha value is -1.16. The Morgan fingerprint density at radius 1 is 1.77 bits per heavy atom. The maximum Gasteiger partial charge on any atom is 0.316 e. The molecule has 2 atom stereocenters. The highest BCUT2D eigenvalue weighted by Gasteiger charge is 2.30. The van der Waals surface area contributed by atoms with Crippen LogP contribution in [-0.2, 0) is 14.3 Å². The number of aliphatic hydroxyl groups excluding tert-OH is 1. The van der Waals surface area contributed by atoms with Gasteiger partial charge in [-0.05, 0) is 19.4 Å². The van der Waals surface area contributed by atoms with Crippen LogP contribution in [0.5, 0.6) is 0 Å². The number of esters is 1. The molecule has 0 amide bonds. The first-order valence-electron chi connectivity index (χ1n) is 4.22. The van der Waals surface area contributed by atoms with Gasteiger partial charge in [0.05, 0.1) is 12.7 Å². The van der Waals surface area contributed by atoms with Gasteiger partial charge >= 0.3 is 5.97 Å². The standard InChI is InChI=1S/C9H12O4/c1-2-13-9(12)7-5-6(10)3-4-8(7)11/h3-4,6-7,10H,2,5H2,1H3/t6-,7?/m0/s1. The molecule has 13 heavy (non-hydrogen) atoms. The molecule has 0 saturated carbocycles. The van der Waals surface area contributed by atoms with Crippen molar-refractivity contribution in [2.75, 3.05) is 6.61 Å². The second-order valence-corrected chi connectivity index (χ2v) is 2.87. The smallest absolute Gasteiger partial charge is 0.316 e. The van der Waals surface area contributed by atoms with E-state index in [1.807, 2.05) is 0 Å². The minimum absolute atomic E-state index is 0.133. The molecule has 0 spiro atoms. The third-order valence-electron chi connectivity index (χ3n) is 1.87. The summed E-state index contributed by atoms with van der Waals surface area (Å²) in [7, 11) is 0. The summed E-state index contributed by atoms with van der Waals surface area (Å²) in [6.45, 7) is 1.93. The normalized spacial score (nSPS) is 27.4. The third kappa shape index (κ3) is 2.39. The van der Waals surface area contributed by atoms with E-state index in [1.165, 1.54) is 12.2 Å². The van der Waals surface area contributed by atoms with Crippen LogP contribution in [0.25, 0.3) is 0 Å². The van der Waals surface area contributed by atoms with Gasteiger partial charge in [-0.2, -0.15) is 0 Å². The number of ketones is 1. The van der Waals surface area contributed by atoms with Crippen molar-refractivity contribution in [1.29, 1.82) is 0 Å². The molecule has 0 bridgehead atoms. The highest BCUT2D eigenvalue weighted by Crippen LogP contribution is 2.17. The van der Waals surface area contributed by atoms with Crippen LogP contribution in [0.4, 0.5) is 0 Å². The number of carbonyl (C=O) groups excluding carboxylic acids is 2. The average Bonchev–Trinajstić information content (AvgIpc) is 2.09. The van der Waals surface area contributed by atoms with Crippen LogP contribution in [0.15, 0.2) is 12.2 Å². The molecule has 1 unspecified atom stereocenters. The van der Waals surface area contributed by atoms with Gasteiger partial charge in [-0.3, -0.25) is 9.59 Å². The molecule has 4 heteroatoms. The van der Waals surface area contributed by atoms with E-state index in [-0.39, 0.29) is 18.8 Å². The predicted octanol–water partition coefficient (Wildman–Crippen LogP) is 0.0556. The lowest BCUT2D eigenvalue weighted by molar-refractivity contribution is -0.151. The Labute approximate surface area is 76.2 Å². The maximum atomic E-state index is 11.2. The zero-order valence-corrected chi connectivity index (χ0v) is 7.40. The average molecular weight is 184 g/mol. The Morgan fingerprint density at radius 2 is 2.46 bits per heavy atom. The number of hydrogen-bond donors (Lipinski definition) is 1. The fraction of sp³-hybridized carbons (Fsp3) is 0.556. The molecule has 0 fully saturated rings. The molecular weight excluding hydrogens is 172 g/mol. The summed E-state index contributed by atoms with van der Waals surface area (Å²) in [4.78, 5) is 22.3. The van der Waals surface area contributed by atoms with Gasteiger partial charge in [-0.25, -0.2) is 0 Å². The van der Waals surface area contributed by atoms with Crippen molar-refractivity contribution in [2.24, 2.45) is 5.92 Å². The second kappa shape index (κ2) is 4.18. The van der Waals surface area contributed by atoms with Crippen molar-refractivity contribution < 1.29 is 19.4 Å². The number of aliphatic hydroxyl groups is 1. The van der Waals surface area contributed by atoms with Crippen LogP contribution >= 0.6 is 0 Å². The molecule has 4 nitrogen and oxygen atoms in total. The number of carbonyl (C=O) groups is 2. The molecule has 0 saturated heterocycles.